The molecule has 0 spiro atoms. The van der Waals surface area contributed by atoms with Gasteiger partial charge in [-0.05, 0) is 43.6 Å². The van der Waals surface area contributed by atoms with Crippen molar-refractivity contribution in [2.45, 2.75) is 40.0 Å². The van der Waals surface area contributed by atoms with Crippen LogP contribution >= 0.6 is 0 Å². The topological polar surface area (TPSA) is 0 Å². The summed E-state index contributed by atoms with van der Waals surface area (Å²) in [5.74, 6) is 1.51. The lowest BCUT2D eigenvalue weighted by molar-refractivity contribution is 0.317. The highest BCUT2D eigenvalue weighted by atomic mass is 19.1. The number of hydrogen-bond donors (Lipinski definition) is 0. The molecule has 1 aliphatic carbocycles. The Morgan fingerprint density at radius 1 is 1.36 bits per heavy atom. The highest BCUT2D eigenvalue weighted by Gasteiger charge is 2.21. The van der Waals surface area contributed by atoms with Crippen molar-refractivity contribution in [1.29, 1.82) is 0 Å². The van der Waals surface area contributed by atoms with Crippen molar-refractivity contribution >= 4 is 0 Å². The maximum atomic E-state index is 12.8. The molecule has 0 aromatic rings. The van der Waals surface area contributed by atoms with Crippen molar-refractivity contribution < 1.29 is 4.39 Å². The molecule has 0 saturated heterocycles. The highest BCUT2D eigenvalue weighted by molar-refractivity contribution is 5.09. The highest BCUT2D eigenvalue weighted by Crippen LogP contribution is 2.34. The van der Waals surface area contributed by atoms with Gasteiger partial charge in [-0.3, -0.25) is 0 Å². The summed E-state index contributed by atoms with van der Waals surface area (Å²) in [5.41, 5.74) is 1.05. The molecule has 0 N–H and O–H groups in total. The van der Waals surface area contributed by atoms with E-state index in [1.165, 1.54) is 0 Å². The van der Waals surface area contributed by atoms with Gasteiger partial charge in [0.25, 0.3) is 0 Å². The van der Waals surface area contributed by atoms with Crippen LogP contribution in [-0.4, -0.2) is 0 Å². The van der Waals surface area contributed by atoms with E-state index in [1.54, 1.807) is 6.92 Å². The Morgan fingerprint density at radius 2 is 2.00 bits per heavy atom. The van der Waals surface area contributed by atoms with Crippen molar-refractivity contribution in [3.8, 4) is 0 Å². The summed E-state index contributed by atoms with van der Waals surface area (Å²) in [6, 6.07) is 0. The zero-order valence-corrected chi connectivity index (χ0v) is 7.65. The number of hydrogen-bond acceptors (Lipinski definition) is 0. The lowest BCUT2D eigenvalue weighted by atomic mass is 9.79. The smallest absolute Gasteiger partial charge is 0.0960 e. The van der Waals surface area contributed by atoms with Crippen LogP contribution in [0.15, 0.2) is 11.4 Å². The fourth-order valence-electron chi connectivity index (χ4n) is 1.69. The second-order valence-electron chi connectivity index (χ2n) is 3.83. The predicted molar refractivity (Wildman–Crippen MR) is 46.0 cm³/mol. The van der Waals surface area contributed by atoms with Gasteiger partial charge in [-0.15, -0.1) is 0 Å². The second-order valence-corrected chi connectivity index (χ2v) is 3.83. The quantitative estimate of drug-likeness (QED) is 0.502. The first-order valence-corrected chi connectivity index (χ1v) is 4.45. The van der Waals surface area contributed by atoms with Crippen molar-refractivity contribution in [3.05, 3.63) is 11.4 Å². The molecule has 0 aromatic heterocycles. The van der Waals surface area contributed by atoms with Gasteiger partial charge in [0, 0.05) is 0 Å². The number of halogens is 1. The van der Waals surface area contributed by atoms with Gasteiger partial charge in [0.2, 0.25) is 0 Å². The molecule has 0 nitrogen and oxygen atoms in total. The zero-order chi connectivity index (χ0) is 8.43. The van der Waals surface area contributed by atoms with Gasteiger partial charge in [0.05, 0.1) is 5.83 Å². The van der Waals surface area contributed by atoms with E-state index in [9.17, 15) is 4.39 Å². The summed E-state index contributed by atoms with van der Waals surface area (Å²) in [6.07, 6.45) is 3.12. The Morgan fingerprint density at radius 3 is 2.45 bits per heavy atom. The molecule has 1 aliphatic rings. The van der Waals surface area contributed by atoms with E-state index in [-0.39, 0.29) is 5.83 Å². The van der Waals surface area contributed by atoms with Gasteiger partial charge in [-0.2, -0.15) is 0 Å². The van der Waals surface area contributed by atoms with Gasteiger partial charge < -0.3 is 0 Å². The van der Waals surface area contributed by atoms with Crippen LogP contribution in [0.4, 0.5) is 4.39 Å². The molecule has 1 fully saturated rings. The SMILES string of the molecule is C/C(F)=C1/CCC(C)C(C)C1. The maximum absolute atomic E-state index is 12.8. The van der Waals surface area contributed by atoms with Crippen LogP contribution in [0.3, 0.4) is 0 Å². The number of allylic oxidation sites excluding steroid dienone is 2. The summed E-state index contributed by atoms with van der Waals surface area (Å²) in [6.45, 7) is 6.06. The molecule has 0 radical (unpaired) electrons. The second kappa shape index (κ2) is 3.38. The Hall–Kier alpha value is -0.330. The van der Waals surface area contributed by atoms with E-state index in [0.717, 1.165) is 30.8 Å². The van der Waals surface area contributed by atoms with Crippen LogP contribution in [0, 0.1) is 11.8 Å². The van der Waals surface area contributed by atoms with Crippen molar-refractivity contribution in [2.24, 2.45) is 11.8 Å². The van der Waals surface area contributed by atoms with E-state index in [4.69, 9.17) is 0 Å². The molecular formula is C10H17F. The van der Waals surface area contributed by atoms with E-state index in [2.05, 4.69) is 13.8 Å². The normalized spacial score (nSPS) is 37.1. The predicted octanol–water partition coefficient (Wildman–Crippen LogP) is 3.69. The van der Waals surface area contributed by atoms with E-state index in [1.807, 2.05) is 0 Å². The van der Waals surface area contributed by atoms with Crippen LogP contribution in [0.5, 0.6) is 0 Å². The van der Waals surface area contributed by atoms with Crippen molar-refractivity contribution in [1.82, 2.24) is 0 Å². The van der Waals surface area contributed by atoms with Gasteiger partial charge >= 0.3 is 0 Å². The Balaban J connectivity index is 2.60. The van der Waals surface area contributed by atoms with Crippen LogP contribution in [-0.2, 0) is 0 Å². The summed E-state index contributed by atoms with van der Waals surface area (Å²) >= 11 is 0. The van der Waals surface area contributed by atoms with Gasteiger partial charge in [-0.25, -0.2) is 4.39 Å². The van der Waals surface area contributed by atoms with Gasteiger partial charge in [0.15, 0.2) is 0 Å². The minimum absolute atomic E-state index is 0.0590. The summed E-state index contributed by atoms with van der Waals surface area (Å²) < 4.78 is 12.8. The molecule has 64 valence electrons. The molecular weight excluding hydrogens is 139 g/mol. The van der Waals surface area contributed by atoms with Crippen LogP contribution in [0.1, 0.15) is 40.0 Å². The maximum Gasteiger partial charge on any atom is 0.0960 e. The third-order valence-electron chi connectivity index (χ3n) is 2.93. The fraction of sp³-hybridized carbons (Fsp3) is 0.800. The lowest BCUT2D eigenvalue weighted by Crippen LogP contribution is -2.15. The first-order valence-electron chi connectivity index (χ1n) is 4.45. The Labute approximate surface area is 68.5 Å². The monoisotopic (exact) mass is 156 g/mol. The first kappa shape index (κ1) is 8.76. The molecule has 1 saturated carbocycles. The molecule has 0 bridgehead atoms. The van der Waals surface area contributed by atoms with Crippen molar-refractivity contribution in [2.75, 3.05) is 0 Å². The molecule has 0 amide bonds. The first-order chi connectivity index (χ1) is 5.11. The van der Waals surface area contributed by atoms with Gasteiger partial charge in [-0.1, -0.05) is 13.8 Å². The standard InChI is InChI=1S/C10H17F/c1-7-4-5-10(9(3)11)6-8(7)2/h7-8H,4-6H2,1-3H3/b10-9+. The fourth-order valence-corrected chi connectivity index (χ4v) is 1.69. The van der Waals surface area contributed by atoms with E-state index < -0.39 is 0 Å². The van der Waals surface area contributed by atoms with Crippen LogP contribution in [0.2, 0.25) is 0 Å². The van der Waals surface area contributed by atoms with Crippen LogP contribution in [0.25, 0.3) is 0 Å². The van der Waals surface area contributed by atoms with E-state index >= 15 is 0 Å². The molecule has 0 aliphatic heterocycles. The molecule has 0 heterocycles. The molecule has 1 heteroatoms. The molecule has 1 rings (SSSR count). The number of rotatable bonds is 0. The molecule has 11 heavy (non-hydrogen) atoms. The minimum atomic E-state index is 0.0590. The van der Waals surface area contributed by atoms with E-state index in [0.29, 0.717) is 5.92 Å². The average molecular weight is 156 g/mol. The Kier molecular flexibility index (Phi) is 2.69. The molecule has 0 aromatic carbocycles. The van der Waals surface area contributed by atoms with Gasteiger partial charge in [0.1, 0.15) is 0 Å². The molecule has 2 atom stereocenters. The third-order valence-corrected chi connectivity index (χ3v) is 2.93. The molecule has 2 unspecified atom stereocenters. The van der Waals surface area contributed by atoms with Crippen LogP contribution < -0.4 is 0 Å². The Bertz CT molecular complexity index is 166. The average Bonchev–Trinajstić information content (AvgIpc) is 1.94. The lowest BCUT2D eigenvalue weighted by Gasteiger charge is -2.27. The minimum Gasteiger partial charge on any atom is -0.212 e. The summed E-state index contributed by atoms with van der Waals surface area (Å²) in [4.78, 5) is 0. The third kappa shape index (κ3) is 2.05. The largest absolute Gasteiger partial charge is 0.212 e. The zero-order valence-electron chi connectivity index (χ0n) is 7.65. The summed E-state index contributed by atoms with van der Waals surface area (Å²) in [5, 5.41) is 0. The van der Waals surface area contributed by atoms with Crippen molar-refractivity contribution in [3.63, 3.8) is 0 Å². The summed E-state index contributed by atoms with van der Waals surface area (Å²) in [7, 11) is 0.